The van der Waals surface area contributed by atoms with E-state index in [0.29, 0.717) is 11.1 Å². The molecule has 0 saturated heterocycles. The first kappa shape index (κ1) is 15.1. The molecule has 0 saturated carbocycles. The third-order valence-electron chi connectivity index (χ3n) is 5.27. The van der Waals surface area contributed by atoms with Crippen molar-refractivity contribution in [1.29, 1.82) is 0 Å². The van der Waals surface area contributed by atoms with Crippen molar-refractivity contribution in [2.24, 2.45) is 0 Å². The fraction of sp³-hybridized carbons (Fsp3) is 0.182. The smallest absolute Gasteiger partial charge is 0.261 e. The molecule has 2 aliphatic rings. The van der Waals surface area contributed by atoms with Crippen molar-refractivity contribution >= 4 is 22.6 Å². The molecule has 3 aromatic carbocycles. The first-order chi connectivity index (χ1) is 12.7. The van der Waals surface area contributed by atoms with Gasteiger partial charge in [-0.1, -0.05) is 30.3 Å². The molecule has 0 N–H and O–H groups in total. The third kappa shape index (κ3) is 2.15. The van der Waals surface area contributed by atoms with Crippen LogP contribution in [0.15, 0.2) is 54.6 Å². The number of aryl methyl sites for hydroxylation is 2. The minimum atomic E-state index is -0.227. The summed E-state index contributed by atoms with van der Waals surface area (Å²) in [7, 11) is 0. The van der Waals surface area contributed by atoms with E-state index in [1.807, 2.05) is 54.6 Å². The van der Waals surface area contributed by atoms with Gasteiger partial charge in [0.1, 0.15) is 12.4 Å². The Morgan fingerprint density at radius 2 is 1.38 bits per heavy atom. The van der Waals surface area contributed by atoms with Crippen LogP contribution in [0.4, 0.5) is 0 Å². The van der Waals surface area contributed by atoms with Crippen LogP contribution in [0.1, 0.15) is 31.8 Å². The van der Waals surface area contributed by atoms with E-state index in [-0.39, 0.29) is 25.0 Å². The molecule has 0 atom stereocenters. The summed E-state index contributed by atoms with van der Waals surface area (Å²) in [5.74, 6) is 0.275. The second-order valence-corrected chi connectivity index (χ2v) is 6.72. The summed E-state index contributed by atoms with van der Waals surface area (Å²) in [5.41, 5.74) is 3.73. The number of para-hydroxylation sites is 1. The summed E-state index contributed by atoms with van der Waals surface area (Å²) in [6.07, 6.45) is 1.96. The summed E-state index contributed by atoms with van der Waals surface area (Å²) in [6.45, 7) is 0.507. The lowest BCUT2D eigenvalue weighted by Crippen LogP contribution is -2.42. The average molecular weight is 343 g/mol. The molecule has 5 rings (SSSR count). The molecule has 0 radical (unpaired) electrons. The Bertz CT molecular complexity index is 997. The Hall–Kier alpha value is -3.14. The summed E-state index contributed by atoms with van der Waals surface area (Å²) in [6, 6.07) is 17.2. The van der Waals surface area contributed by atoms with E-state index in [4.69, 9.17) is 4.74 Å². The van der Waals surface area contributed by atoms with Crippen LogP contribution in [0.5, 0.6) is 5.75 Å². The molecule has 4 heteroatoms. The van der Waals surface area contributed by atoms with Crippen molar-refractivity contribution in [1.82, 2.24) is 4.90 Å². The molecule has 26 heavy (non-hydrogen) atoms. The minimum Gasteiger partial charge on any atom is -0.492 e. The van der Waals surface area contributed by atoms with Gasteiger partial charge in [0.05, 0.1) is 6.54 Å². The van der Waals surface area contributed by atoms with Gasteiger partial charge in [0, 0.05) is 16.5 Å². The number of hydrogen-bond acceptors (Lipinski definition) is 3. The lowest BCUT2D eigenvalue weighted by molar-refractivity contribution is 0.0587. The van der Waals surface area contributed by atoms with E-state index in [2.05, 4.69) is 0 Å². The molecule has 3 aromatic rings. The highest BCUT2D eigenvalue weighted by Crippen LogP contribution is 2.38. The van der Waals surface area contributed by atoms with Crippen LogP contribution in [-0.2, 0) is 12.8 Å². The maximum absolute atomic E-state index is 12.9. The van der Waals surface area contributed by atoms with Gasteiger partial charge >= 0.3 is 0 Å². The molecular weight excluding hydrogens is 326 g/mol. The number of ether oxygens (including phenoxy) is 1. The monoisotopic (exact) mass is 343 g/mol. The lowest BCUT2D eigenvalue weighted by atomic mass is 9.91. The number of amides is 2. The average Bonchev–Trinajstić information content (AvgIpc) is 3.10. The SMILES string of the molecule is O=C1c2ccc3c4c(ccc(c24)C(=O)N1CCOc1ccccc1)CC3. The first-order valence-electron chi connectivity index (χ1n) is 8.85. The minimum absolute atomic E-state index is 0.227. The number of imide groups is 1. The van der Waals surface area contributed by atoms with Crippen LogP contribution in [0, 0.1) is 0 Å². The van der Waals surface area contributed by atoms with E-state index < -0.39 is 0 Å². The van der Waals surface area contributed by atoms with Gasteiger partial charge in [0.25, 0.3) is 11.8 Å². The number of rotatable bonds is 4. The number of carbonyl (C=O) groups is 2. The van der Waals surface area contributed by atoms with Crippen molar-refractivity contribution in [2.75, 3.05) is 13.2 Å². The van der Waals surface area contributed by atoms with Gasteiger partial charge in [0.2, 0.25) is 0 Å². The Morgan fingerprint density at radius 3 is 2.00 bits per heavy atom. The van der Waals surface area contributed by atoms with Crippen molar-refractivity contribution in [3.05, 3.63) is 76.9 Å². The van der Waals surface area contributed by atoms with Crippen LogP contribution in [0.3, 0.4) is 0 Å². The van der Waals surface area contributed by atoms with E-state index in [1.54, 1.807) is 0 Å². The zero-order valence-corrected chi connectivity index (χ0v) is 14.2. The summed E-state index contributed by atoms with van der Waals surface area (Å²) in [5, 5.41) is 1.95. The molecule has 128 valence electrons. The molecule has 1 aliphatic carbocycles. The van der Waals surface area contributed by atoms with Gasteiger partial charge in [-0.25, -0.2) is 0 Å². The van der Waals surface area contributed by atoms with Crippen LogP contribution in [0.25, 0.3) is 10.8 Å². The van der Waals surface area contributed by atoms with Crippen molar-refractivity contribution in [3.63, 3.8) is 0 Å². The number of carbonyl (C=O) groups excluding carboxylic acids is 2. The highest BCUT2D eigenvalue weighted by atomic mass is 16.5. The predicted molar refractivity (Wildman–Crippen MR) is 98.7 cm³/mol. The van der Waals surface area contributed by atoms with Crippen LogP contribution in [0.2, 0.25) is 0 Å². The molecule has 4 nitrogen and oxygen atoms in total. The molecular formula is C22H17NO3. The second-order valence-electron chi connectivity index (χ2n) is 6.72. The summed E-state index contributed by atoms with van der Waals surface area (Å²) in [4.78, 5) is 27.2. The molecule has 0 aromatic heterocycles. The maximum Gasteiger partial charge on any atom is 0.261 e. The molecule has 0 spiro atoms. The number of benzene rings is 3. The molecule has 2 amide bonds. The topological polar surface area (TPSA) is 46.6 Å². The predicted octanol–water partition coefficient (Wildman–Crippen LogP) is 3.61. The molecule has 0 fully saturated rings. The molecule has 0 bridgehead atoms. The number of nitrogens with zero attached hydrogens (tertiary/aromatic N) is 1. The fourth-order valence-corrected chi connectivity index (χ4v) is 4.04. The zero-order chi connectivity index (χ0) is 17.7. The largest absolute Gasteiger partial charge is 0.492 e. The first-order valence-corrected chi connectivity index (χ1v) is 8.85. The second kappa shape index (κ2) is 5.70. The van der Waals surface area contributed by atoms with Gasteiger partial charge in [-0.05, 0) is 53.6 Å². The Balaban J connectivity index is 1.47. The standard InChI is InChI=1S/C22H17NO3/c24-21-17-10-8-14-6-7-15-9-11-18(20(17)19(14)15)22(25)23(21)12-13-26-16-4-2-1-3-5-16/h1-5,8-11H,6-7,12-13H2. The maximum atomic E-state index is 12.9. The summed E-state index contributed by atoms with van der Waals surface area (Å²) < 4.78 is 5.67. The van der Waals surface area contributed by atoms with Crippen molar-refractivity contribution in [2.45, 2.75) is 12.8 Å². The third-order valence-corrected chi connectivity index (χ3v) is 5.27. The van der Waals surface area contributed by atoms with Gasteiger partial charge in [-0.3, -0.25) is 14.5 Å². The van der Waals surface area contributed by atoms with Crippen molar-refractivity contribution < 1.29 is 14.3 Å². The Kier molecular flexibility index (Phi) is 3.32. The van der Waals surface area contributed by atoms with Crippen LogP contribution in [-0.4, -0.2) is 29.9 Å². The Morgan fingerprint density at radius 1 is 0.769 bits per heavy atom. The van der Waals surface area contributed by atoms with E-state index in [0.717, 1.165) is 29.4 Å². The molecule has 1 heterocycles. The molecule has 1 aliphatic heterocycles. The zero-order valence-electron chi connectivity index (χ0n) is 14.2. The van der Waals surface area contributed by atoms with Crippen molar-refractivity contribution in [3.8, 4) is 5.75 Å². The number of hydrogen-bond donors (Lipinski definition) is 0. The summed E-state index contributed by atoms with van der Waals surface area (Å²) >= 11 is 0. The van der Waals surface area contributed by atoms with Crippen LogP contribution >= 0.6 is 0 Å². The van der Waals surface area contributed by atoms with Gasteiger partial charge in [-0.15, -0.1) is 0 Å². The molecule has 0 unspecified atom stereocenters. The highest BCUT2D eigenvalue weighted by molar-refractivity contribution is 6.26. The highest BCUT2D eigenvalue weighted by Gasteiger charge is 2.34. The quantitative estimate of drug-likeness (QED) is 0.680. The van der Waals surface area contributed by atoms with E-state index >= 15 is 0 Å². The van der Waals surface area contributed by atoms with Gasteiger partial charge in [0.15, 0.2) is 0 Å². The lowest BCUT2D eigenvalue weighted by Gasteiger charge is -2.27. The van der Waals surface area contributed by atoms with E-state index in [9.17, 15) is 9.59 Å². The Labute approximate surface area is 151 Å². The fourth-order valence-electron chi connectivity index (χ4n) is 4.04. The normalized spacial score (nSPS) is 15.0. The van der Waals surface area contributed by atoms with Gasteiger partial charge in [-0.2, -0.15) is 0 Å². The van der Waals surface area contributed by atoms with Crippen LogP contribution < -0.4 is 4.74 Å². The van der Waals surface area contributed by atoms with E-state index in [1.165, 1.54) is 16.0 Å². The van der Waals surface area contributed by atoms with Gasteiger partial charge < -0.3 is 4.74 Å².